The highest BCUT2D eigenvalue weighted by molar-refractivity contribution is 9.10. The van der Waals surface area contributed by atoms with Gasteiger partial charge in [-0.1, -0.05) is 15.9 Å². The summed E-state index contributed by atoms with van der Waals surface area (Å²) >= 11 is 3.47. The predicted molar refractivity (Wildman–Crippen MR) is 87.1 cm³/mol. The molecule has 0 spiro atoms. The van der Waals surface area contributed by atoms with E-state index in [1.54, 1.807) is 7.11 Å². The van der Waals surface area contributed by atoms with E-state index in [1.807, 2.05) is 25.1 Å². The number of ether oxygens (including phenoxy) is 1. The van der Waals surface area contributed by atoms with Gasteiger partial charge in [0.2, 0.25) is 0 Å². The Kier molecular flexibility index (Phi) is 3.71. The van der Waals surface area contributed by atoms with Crippen LogP contribution in [0.3, 0.4) is 0 Å². The molecule has 1 aliphatic carbocycles. The Labute approximate surface area is 132 Å². The number of benzene rings is 1. The minimum Gasteiger partial charge on any atom is -0.497 e. The molecule has 0 saturated heterocycles. The fourth-order valence-electron chi connectivity index (χ4n) is 2.09. The predicted octanol–water partition coefficient (Wildman–Crippen LogP) is 3.76. The van der Waals surface area contributed by atoms with E-state index in [9.17, 15) is 0 Å². The summed E-state index contributed by atoms with van der Waals surface area (Å²) in [5, 5.41) is 3.31. The van der Waals surface area contributed by atoms with Gasteiger partial charge in [0.15, 0.2) is 0 Å². The maximum Gasteiger partial charge on any atom is 0.139 e. The Morgan fingerprint density at radius 3 is 2.71 bits per heavy atom. The van der Waals surface area contributed by atoms with Crippen LogP contribution in [-0.2, 0) is 0 Å². The normalized spacial score (nSPS) is 14.0. The average molecular weight is 349 g/mol. The first-order valence-electron chi connectivity index (χ1n) is 6.82. The minimum atomic E-state index is 0.463. The number of nitrogen functional groups attached to an aromatic ring is 1. The van der Waals surface area contributed by atoms with Crippen LogP contribution in [-0.4, -0.2) is 17.1 Å². The van der Waals surface area contributed by atoms with Crippen LogP contribution in [0, 0.1) is 6.92 Å². The summed E-state index contributed by atoms with van der Waals surface area (Å²) in [6.07, 6.45) is 2.29. The van der Waals surface area contributed by atoms with E-state index in [2.05, 4.69) is 31.2 Å². The molecule has 1 aromatic heterocycles. The van der Waals surface area contributed by atoms with Gasteiger partial charge in [-0.15, -0.1) is 0 Å². The van der Waals surface area contributed by atoms with E-state index < -0.39 is 0 Å². The number of nitrogens with two attached hydrogens (primary N) is 1. The molecule has 3 rings (SSSR count). The first-order chi connectivity index (χ1) is 10.1. The third-order valence-corrected chi connectivity index (χ3v) is 3.97. The Hall–Kier alpha value is -1.82. The van der Waals surface area contributed by atoms with E-state index in [-0.39, 0.29) is 0 Å². The molecular weight excluding hydrogens is 332 g/mol. The molecule has 21 heavy (non-hydrogen) atoms. The highest BCUT2D eigenvalue weighted by atomic mass is 79.9. The van der Waals surface area contributed by atoms with Crippen LogP contribution < -0.4 is 15.8 Å². The zero-order chi connectivity index (χ0) is 15.0. The molecule has 3 N–H and O–H groups in total. The quantitative estimate of drug-likeness (QED) is 0.879. The molecule has 5 nitrogen and oxygen atoms in total. The number of hydrogen-bond donors (Lipinski definition) is 2. The summed E-state index contributed by atoms with van der Waals surface area (Å²) in [6, 6.07) is 5.79. The van der Waals surface area contributed by atoms with Crippen molar-refractivity contribution < 1.29 is 4.74 Å². The summed E-state index contributed by atoms with van der Waals surface area (Å²) < 4.78 is 6.21. The van der Waals surface area contributed by atoms with E-state index >= 15 is 0 Å². The number of rotatable bonds is 4. The summed E-state index contributed by atoms with van der Waals surface area (Å²) in [6.45, 7) is 1.92. The molecule has 1 saturated carbocycles. The Balaban J connectivity index is 1.95. The lowest BCUT2D eigenvalue weighted by molar-refractivity contribution is 0.415. The van der Waals surface area contributed by atoms with Gasteiger partial charge in [-0.2, -0.15) is 0 Å². The highest BCUT2D eigenvalue weighted by Crippen LogP contribution is 2.39. The summed E-state index contributed by atoms with van der Waals surface area (Å²) in [5.74, 6) is 3.36. The van der Waals surface area contributed by atoms with Gasteiger partial charge < -0.3 is 15.8 Å². The van der Waals surface area contributed by atoms with Crippen molar-refractivity contribution in [3.8, 4) is 5.75 Å². The smallest absolute Gasteiger partial charge is 0.139 e. The topological polar surface area (TPSA) is 73.1 Å². The van der Waals surface area contributed by atoms with Crippen LogP contribution in [0.5, 0.6) is 5.75 Å². The van der Waals surface area contributed by atoms with Gasteiger partial charge in [-0.3, -0.25) is 0 Å². The molecule has 0 atom stereocenters. The number of halogens is 1. The maximum atomic E-state index is 6.00. The molecule has 1 aromatic carbocycles. The first-order valence-corrected chi connectivity index (χ1v) is 7.61. The van der Waals surface area contributed by atoms with Gasteiger partial charge in [0.25, 0.3) is 0 Å². The SMILES string of the molecule is COc1cc(Br)cc(Nc2nc(C3CC3)nc(N)c2C)c1. The lowest BCUT2D eigenvalue weighted by Crippen LogP contribution is -2.06. The molecule has 0 bridgehead atoms. The summed E-state index contributed by atoms with van der Waals surface area (Å²) in [5.41, 5.74) is 7.75. The second-order valence-electron chi connectivity index (χ2n) is 5.22. The second-order valence-corrected chi connectivity index (χ2v) is 6.14. The number of methoxy groups -OCH3 is 1. The third kappa shape index (κ3) is 3.10. The van der Waals surface area contributed by atoms with Gasteiger partial charge >= 0.3 is 0 Å². The monoisotopic (exact) mass is 348 g/mol. The molecule has 1 heterocycles. The van der Waals surface area contributed by atoms with Crippen molar-refractivity contribution >= 4 is 33.3 Å². The fraction of sp³-hybridized carbons (Fsp3) is 0.333. The Morgan fingerprint density at radius 1 is 1.29 bits per heavy atom. The highest BCUT2D eigenvalue weighted by Gasteiger charge is 2.27. The van der Waals surface area contributed by atoms with Crippen molar-refractivity contribution in [2.24, 2.45) is 0 Å². The van der Waals surface area contributed by atoms with Crippen molar-refractivity contribution in [3.63, 3.8) is 0 Å². The summed E-state index contributed by atoms with van der Waals surface area (Å²) in [4.78, 5) is 9.00. The Morgan fingerprint density at radius 2 is 2.05 bits per heavy atom. The third-order valence-electron chi connectivity index (χ3n) is 3.51. The van der Waals surface area contributed by atoms with Crippen LogP contribution in [0.25, 0.3) is 0 Å². The minimum absolute atomic E-state index is 0.463. The number of aromatic nitrogens is 2. The van der Waals surface area contributed by atoms with Crippen LogP contribution in [0.15, 0.2) is 22.7 Å². The Bertz CT molecular complexity index is 686. The lowest BCUT2D eigenvalue weighted by Gasteiger charge is -2.13. The number of anilines is 3. The molecule has 2 aromatic rings. The zero-order valence-electron chi connectivity index (χ0n) is 12.0. The molecule has 0 amide bonds. The molecular formula is C15H17BrN4O. The second kappa shape index (κ2) is 5.52. The van der Waals surface area contributed by atoms with Crippen LogP contribution in [0.4, 0.5) is 17.3 Å². The molecule has 1 aliphatic rings. The molecule has 1 fully saturated rings. The van der Waals surface area contributed by atoms with Crippen LogP contribution in [0.1, 0.15) is 30.1 Å². The van der Waals surface area contributed by atoms with E-state index in [0.29, 0.717) is 11.7 Å². The van der Waals surface area contributed by atoms with Gasteiger partial charge in [0.05, 0.1) is 7.11 Å². The van der Waals surface area contributed by atoms with Crippen LogP contribution >= 0.6 is 15.9 Å². The van der Waals surface area contributed by atoms with Crippen molar-refractivity contribution in [2.75, 3.05) is 18.2 Å². The summed E-state index contributed by atoms with van der Waals surface area (Å²) in [7, 11) is 1.64. The van der Waals surface area contributed by atoms with Crippen molar-refractivity contribution in [2.45, 2.75) is 25.7 Å². The first kappa shape index (κ1) is 14.1. The molecule has 110 valence electrons. The lowest BCUT2D eigenvalue weighted by atomic mass is 10.2. The number of hydrogen-bond acceptors (Lipinski definition) is 5. The number of nitrogens with zero attached hydrogens (tertiary/aromatic N) is 2. The van der Waals surface area contributed by atoms with Gasteiger partial charge in [-0.05, 0) is 31.9 Å². The number of nitrogens with one attached hydrogen (secondary N) is 1. The molecule has 0 radical (unpaired) electrons. The van der Waals surface area contributed by atoms with Gasteiger partial charge in [0, 0.05) is 27.7 Å². The molecule has 6 heteroatoms. The average Bonchev–Trinajstić information content (AvgIpc) is 3.27. The zero-order valence-corrected chi connectivity index (χ0v) is 13.6. The van der Waals surface area contributed by atoms with Crippen molar-refractivity contribution in [3.05, 3.63) is 34.1 Å². The van der Waals surface area contributed by atoms with E-state index in [1.165, 1.54) is 0 Å². The van der Waals surface area contributed by atoms with Gasteiger partial charge in [-0.25, -0.2) is 9.97 Å². The molecule has 0 aliphatic heterocycles. The molecule has 0 unspecified atom stereocenters. The largest absolute Gasteiger partial charge is 0.497 e. The van der Waals surface area contributed by atoms with Gasteiger partial charge in [0.1, 0.15) is 23.2 Å². The van der Waals surface area contributed by atoms with E-state index in [0.717, 1.165) is 46.0 Å². The van der Waals surface area contributed by atoms with E-state index in [4.69, 9.17) is 10.5 Å². The fourth-order valence-corrected chi connectivity index (χ4v) is 2.56. The van der Waals surface area contributed by atoms with Crippen molar-refractivity contribution in [1.29, 1.82) is 0 Å². The van der Waals surface area contributed by atoms with Crippen LogP contribution in [0.2, 0.25) is 0 Å². The maximum absolute atomic E-state index is 6.00. The standard InChI is InChI=1S/C15H17BrN4O/c1-8-13(17)19-15(9-3-4-9)20-14(8)18-11-5-10(16)6-12(7-11)21-2/h5-7,9H,3-4H2,1-2H3,(H3,17,18,19,20). The van der Waals surface area contributed by atoms with Crippen molar-refractivity contribution in [1.82, 2.24) is 9.97 Å².